The molecule has 0 radical (unpaired) electrons. The van der Waals surface area contributed by atoms with Crippen LogP contribution in [0.15, 0.2) is 6.20 Å². The maximum absolute atomic E-state index is 11.9. The zero-order valence-corrected chi connectivity index (χ0v) is 11.1. The number of hydrogen-bond donors (Lipinski definition) is 2. The number of aromatic nitrogens is 2. The summed E-state index contributed by atoms with van der Waals surface area (Å²) in [6.07, 6.45) is 3.12. The summed E-state index contributed by atoms with van der Waals surface area (Å²) in [6.45, 7) is 1.48. The predicted octanol–water partition coefficient (Wildman–Crippen LogP) is 0.461. The number of amides is 1. The summed E-state index contributed by atoms with van der Waals surface area (Å²) in [4.78, 5) is 31.7. The van der Waals surface area contributed by atoms with Gasteiger partial charge in [0.15, 0.2) is 0 Å². The average Bonchev–Trinajstić information content (AvgIpc) is 2.98. The zero-order chi connectivity index (χ0) is 14.5. The second-order valence-corrected chi connectivity index (χ2v) is 4.38. The summed E-state index contributed by atoms with van der Waals surface area (Å²) < 4.78 is 0. The second kappa shape index (κ2) is 6.13. The van der Waals surface area contributed by atoms with Crippen LogP contribution in [0.25, 0.3) is 0 Å². The average molecular weight is 280 g/mol. The predicted molar refractivity (Wildman–Crippen MR) is 72.5 cm³/mol. The number of carbonyl (C=O) groups excluding carboxylic acids is 1. The van der Waals surface area contributed by atoms with E-state index >= 15 is 0 Å². The number of nitro groups is 1. The van der Waals surface area contributed by atoms with Gasteiger partial charge in [-0.1, -0.05) is 0 Å². The molecule has 2 rings (SSSR count). The Morgan fingerprint density at radius 3 is 2.80 bits per heavy atom. The molecule has 2 heterocycles. The first-order valence-electron chi connectivity index (χ1n) is 6.32. The van der Waals surface area contributed by atoms with Crippen molar-refractivity contribution in [3.05, 3.63) is 16.3 Å². The van der Waals surface area contributed by atoms with Crippen molar-refractivity contribution in [2.24, 2.45) is 0 Å². The van der Waals surface area contributed by atoms with E-state index in [-0.39, 0.29) is 29.9 Å². The van der Waals surface area contributed by atoms with E-state index in [1.165, 1.54) is 0 Å². The lowest BCUT2D eigenvalue weighted by Crippen LogP contribution is -2.33. The van der Waals surface area contributed by atoms with Gasteiger partial charge in [0.1, 0.15) is 6.20 Å². The van der Waals surface area contributed by atoms with Gasteiger partial charge in [-0.15, -0.1) is 0 Å². The summed E-state index contributed by atoms with van der Waals surface area (Å²) >= 11 is 0. The Bertz CT molecular complexity index is 515. The van der Waals surface area contributed by atoms with Gasteiger partial charge in [0.05, 0.1) is 11.5 Å². The van der Waals surface area contributed by atoms with E-state index in [0.717, 1.165) is 32.1 Å². The number of rotatable bonds is 5. The largest absolute Gasteiger partial charge is 0.357 e. The Morgan fingerprint density at radius 2 is 2.20 bits per heavy atom. The van der Waals surface area contributed by atoms with Gasteiger partial charge in [0.25, 0.3) is 0 Å². The maximum atomic E-state index is 11.9. The highest BCUT2D eigenvalue weighted by Crippen LogP contribution is 2.21. The van der Waals surface area contributed by atoms with Gasteiger partial charge in [0, 0.05) is 20.1 Å². The molecule has 2 N–H and O–H groups in total. The minimum absolute atomic E-state index is 0.0129. The number of likely N-dealkylation sites (tertiary alicyclic amines) is 1. The van der Waals surface area contributed by atoms with Crippen LogP contribution in [0.1, 0.15) is 12.8 Å². The van der Waals surface area contributed by atoms with Crippen LogP contribution >= 0.6 is 0 Å². The van der Waals surface area contributed by atoms with Crippen LogP contribution in [0.5, 0.6) is 0 Å². The van der Waals surface area contributed by atoms with Crippen molar-refractivity contribution >= 4 is 23.4 Å². The second-order valence-electron chi connectivity index (χ2n) is 4.38. The maximum Gasteiger partial charge on any atom is 0.329 e. The molecule has 0 aliphatic carbocycles. The molecular formula is C11H16N6O3. The molecule has 20 heavy (non-hydrogen) atoms. The molecule has 0 bridgehead atoms. The van der Waals surface area contributed by atoms with Crippen LogP contribution in [0.3, 0.4) is 0 Å². The van der Waals surface area contributed by atoms with Gasteiger partial charge >= 0.3 is 5.69 Å². The van der Waals surface area contributed by atoms with E-state index in [1.54, 1.807) is 11.9 Å². The Labute approximate surface area is 115 Å². The molecule has 0 atom stereocenters. The Kier molecular flexibility index (Phi) is 4.28. The number of nitrogens with zero attached hydrogens (tertiary/aromatic N) is 4. The van der Waals surface area contributed by atoms with Crippen LogP contribution in [-0.4, -0.2) is 52.4 Å². The molecular weight excluding hydrogens is 264 g/mol. The molecule has 1 amide bonds. The van der Waals surface area contributed by atoms with Crippen LogP contribution in [0.4, 0.5) is 17.5 Å². The first-order chi connectivity index (χ1) is 9.61. The van der Waals surface area contributed by atoms with Crippen molar-refractivity contribution in [2.75, 3.05) is 37.3 Å². The Morgan fingerprint density at radius 1 is 1.50 bits per heavy atom. The molecule has 0 spiro atoms. The molecule has 1 aliphatic rings. The highest BCUT2D eigenvalue weighted by molar-refractivity contribution is 5.81. The van der Waals surface area contributed by atoms with Crippen molar-refractivity contribution in [2.45, 2.75) is 12.8 Å². The fourth-order valence-electron chi connectivity index (χ4n) is 2.00. The fourth-order valence-corrected chi connectivity index (χ4v) is 2.00. The lowest BCUT2D eigenvalue weighted by atomic mass is 10.4. The van der Waals surface area contributed by atoms with Crippen molar-refractivity contribution in [3.63, 3.8) is 0 Å². The van der Waals surface area contributed by atoms with Gasteiger partial charge in [0.2, 0.25) is 17.7 Å². The molecule has 0 unspecified atom stereocenters. The summed E-state index contributed by atoms with van der Waals surface area (Å²) in [5.74, 6) is 0.218. The fraction of sp³-hybridized carbons (Fsp3) is 0.545. The van der Waals surface area contributed by atoms with Gasteiger partial charge < -0.3 is 15.5 Å². The quantitative estimate of drug-likeness (QED) is 0.595. The molecule has 108 valence electrons. The molecule has 0 saturated carbocycles. The minimum atomic E-state index is -0.581. The van der Waals surface area contributed by atoms with Crippen LogP contribution in [0, 0.1) is 10.1 Å². The van der Waals surface area contributed by atoms with E-state index in [2.05, 4.69) is 20.6 Å². The first-order valence-corrected chi connectivity index (χ1v) is 6.32. The van der Waals surface area contributed by atoms with Gasteiger partial charge in [-0.25, -0.2) is 4.98 Å². The number of carbonyl (C=O) groups is 1. The van der Waals surface area contributed by atoms with Crippen LogP contribution in [0.2, 0.25) is 0 Å². The van der Waals surface area contributed by atoms with E-state index < -0.39 is 4.92 Å². The zero-order valence-electron chi connectivity index (χ0n) is 11.1. The molecule has 0 aromatic carbocycles. The lowest BCUT2D eigenvalue weighted by molar-refractivity contribution is -0.384. The SMILES string of the molecule is CNc1ncc([N+](=O)[O-])c(NCC(=O)N2CCCC2)n1. The highest BCUT2D eigenvalue weighted by atomic mass is 16.6. The van der Waals surface area contributed by atoms with Gasteiger partial charge in [-0.3, -0.25) is 14.9 Å². The highest BCUT2D eigenvalue weighted by Gasteiger charge is 2.21. The molecule has 9 nitrogen and oxygen atoms in total. The van der Waals surface area contributed by atoms with Crippen LogP contribution in [-0.2, 0) is 4.79 Å². The topological polar surface area (TPSA) is 113 Å². The van der Waals surface area contributed by atoms with E-state index in [9.17, 15) is 14.9 Å². The number of anilines is 2. The van der Waals surface area contributed by atoms with E-state index in [0.29, 0.717) is 0 Å². The molecule has 1 fully saturated rings. The summed E-state index contributed by atoms with van der Waals surface area (Å²) in [5.41, 5.74) is -0.252. The van der Waals surface area contributed by atoms with Crippen molar-refractivity contribution in [3.8, 4) is 0 Å². The van der Waals surface area contributed by atoms with Crippen molar-refractivity contribution < 1.29 is 9.72 Å². The number of nitrogens with one attached hydrogen (secondary N) is 2. The molecule has 9 heteroatoms. The number of hydrogen-bond acceptors (Lipinski definition) is 7. The Balaban J connectivity index is 2.06. The standard InChI is InChI=1S/C11H16N6O3/c1-12-11-14-6-8(17(19)20)10(15-11)13-7-9(18)16-4-2-3-5-16/h6H,2-5,7H2,1H3,(H2,12,13,14,15). The summed E-state index contributed by atoms with van der Waals surface area (Å²) in [5, 5.41) is 16.3. The summed E-state index contributed by atoms with van der Waals surface area (Å²) in [6, 6.07) is 0. The van der Waals surface area contributed by atoms with Crippen LogP contribution < -0.4 is 10.6 Å². The van der Waals surface area contributed by atoms with Crippen molar-refractivity contribution in [1.82, 2.24) is 14.9 Å². The third-order valence-electron chi connectivity index (χ3n) is 3.06. The third-order valence-corrected chi connectivity index (χ3v) is 3.06. The molecule has 1 saturated heterocycles. The summed E-state index contributed by atoms with van der Waals surface area (Å²) in [7, 11) is 1.61. The van der Waals surface area contributed by atoms with Crippen molar-refractivity contribution in [1.29, 1.82) is 0 Å². The monoisotopic (exact) mass is 280 g/mol. The Hall–Kier alpha value is -2.45. The molecule has 1 aromatic rings. The smallest absolute Gasteiger partial charge is 0.329 e. The molecule has 1 aliphatic heterocycles. The van der Waals surface area contributed by atoms with E-state index in [1.807, 2.05) is 0 Å². The third kappa shape index (κ3) is 3.11. The first kappa shape index (κ1) is 14.0. The normalized spacial score (nSPS) is 14.2. The van der Waals surface area contributed by atoms with Gasteiger partial charge in [-0.2, -0.15) is 4.98 Å². The lowest BCUT2D eigenvalue weighted by Gasteiger charge is -2.15. The van der Waals surface area contributed by atoms with Gasteiger partial charge in [-0.05, 0) is 12.8 Å². The van der Waals surface area contributed by atoms with E-state index in [4.69, 9.17) is 0 Å². The molecule has 1 aromatic heterocycles. The minimum Gasteiger partial charge on any atom is -0.357 e.